The van der Waals surface area contributed by atoms with Gasteiger partial charge in [0.2, 0.25) is 0 Å². The first-order valence-electron chi connectivity index (χ1n) is 4.33. The molecule has 13 heavy (non-hydrogen) atoms. The van der Waals surface area contributed by atoms with Crippen molar-refractivity contribution in [1.29, 1.82) is 0 Å². The second-order valence-corrected chi connectivity index (χ2v) is 2.78. The van der Waals surface area contributed by atoms with Crippen molar-refractivity contribution in [3.63, 3.8) is 0 Å². The van der Waals surface area contributed by atoms with Crippen LogP contribution in [0.3, 0.4) is 0 Å². The molecule has 0 aromatic carbocycles. The normalized spacial score (nSPS) is 8.38. The maximum Gasteiger partial charge on any atom is 0.0403 e. The van der Waals surface area contributed by atoms with Crippen LogP contribution in [0.2, 0.25) is 0 Å². The average molecular weight is 238 g/mol. The summed E-state index contributed by atoms with van der Waals surface area (Å²) < 4.78 is 0. The Kier molecular flexibility index (Phi) is 11.9. The van der Waals surface area contributed by atoms with Gasteiger partial charge in [-0.05, 0) is 25.0 Å². The molecule has 0 amide bonds. The van der Waals surface area contributed by atoms with Gasteiger partial charge in [0, 0.05) is 29.3 Å². The van der Waals surface area contributed by atoms with Crippen LogP contribution in [-0.4, -0.2) is 4.98 Å². The van der Waals surface area contributed by atoms with E-state index in [2.05, 4.69) is 18.0 Å². The second-order valence-electron chi connectivity index (χ2n) is 2.78. The van der Waals surface area contributed by atoms with Crippen molar-refractivity contribution >= 4 is 12.4 Å². The Balaban J connectivity index is 0. The first-order valence-corrected chi connectivity index (χ1v) is 4.33. The molecule has 0 aliphatic carbocycles. The number of unbranched alkanes of at least 4 members (excludes halogenated alkanes) is 2. The smallest absolute Gasteiger partial charge is 0.0403 e. The van der Waals surface area contributed by atoms with E-state index >= 15 is 0 Å². The van der Waals surface area contributed by atoms with E-state index in [1.54, 1.807) is 0 Å². The van der Waals surface area contributed by atoms with Gasteiger partial charge in [-0.2, -0.15) is 0 Å². The monoisotopic (exact) mass is 237 g/mol. The summed E-state index contributed by atoms with van der Waals surface area (Å²) in [6.07, 6.45) is 6.87. The summed E-state index contributed by atoms with van der Waals surface area (Å²) in [5.74, 6) is 0. The zero-order valence-corrected chi connectivity index (χ0v) is 9.99. The molecular formula is C10H16ClCrN. The van der Waals surface area contributed by atoms with Gasteiger partial charge in [-0.25, -0.2) is 0 Å². The van der Waals surface area contributed by atoms with Crippen molar-refractivity contribution in [2.45, 2.75) is 32.6 Å². The summed E-state index contributed by atoms with van der Waals surface area (Å²) in [5, 5.41) is 0. The zero-order valence-electron chi connectivity index (χ0n) is 7.90. The third-order valence-electron chi connectivity index (χ3n) is 1.76. The van der Waals surface area contributed by atoms with Gasteiger partial charge in [-0.1, -0.05) is 25.8 Å². The number of pyridine rings is 1. The standard InChI is InChI=1S/C10H15N.ClH.Cr/c1-2-3-4-7-10-8-5-6-9-11-10;;/h5-6,8-9H,2-4,7H2,1H3;1H;. The molecule has 0 saturated carbocycles. The van der Waals surface area contributed by atoms with E-state index in [4.69, 9.17) is 0 Å². The van der Waals surface area contributed by atoms with Crippen LogP contribution in [0.4, 0.5) is 0 Å². The van der Waals surface area contributed by atoms with Gasteiger partial charge in [0.1, 0.15) is 0 Å². The molecule has 1 heterocycles. The average Bonchev–Trinajstić information content (AvgIpc) is 2.07. The number of aryl methyl sites for hydroxylation is 1. The molecule has 0 fully saturated rings. The summed E-state index contributed by atoms with van der Waals surface area (Å²) in [6.45, 7) is 2.22. The molecule has 74 valence electrons. The van der Waals surface area contributed by atoms with Crippen molar-refractivity contribution in [3.05, 3.63) is 30.1 Å². The van der Waals surface area contributed by atoms with Crippen LogP contribution in [0.5, 0.6) is 0 Å². The Morgan fingerprint density at radius 1 is 1.23 bits per heavy atom. The fourth-order valence-corrected chi connectivity index (χ4v) is 1.10. The Morgan fingerprint density at radius 2 is 2.00 bits per heavy atom. The van der Waals surface area contributed by atoms with Crippen LogP contribution < -0.4 is 0 Å². The minimum Gasteiger partial charge on any atom is -0.261 e. The maximum absolute atomic E-state index is 4.25. The van der Waals surface area contributed by atoms with Gasteiger partial charge in [-0.3, -0.25) is 4.98 Å². The van der Waals surface area contributed by atoms with Crippen LogP contribution in [0.1, 0.15) is 31.9 Å². The molecule has 0 N–H and O–H groups in total. The molecule has 0 atom stereocenters. The SMILES string of the molecule is CCCCCc1ccccn1.Cl.[Cr]. The Hall–Kier alpha value is -0.0275. The van der Waals surface area contributed by atoms with Crippen LogP contribution in [0, 0.1) is 0 Å². The van der Waals surface area contributed by atoms with E-state index < -0.39 is 0 Å². The largest absolute Gasteiger partial charge is 0.261 e. The number of hydrogen-bond acceptors (Lipinski definition) is 1. The molecule has 0 radical (unpaired) electrons. The number of nitrogens with zero attached hydrogens (tertiary/aromatic N) is 1. The van der Waals surface area contributed by atoms with Crippen molar-refractivity contribution in [2.24, 2.45) is 0 Å². The molecular weight excluding hydrogens is 222 g/mol. The van der Waals surface area contributed by atoms with Gasteiger partial charge in [0.15, 0.2) is 0 Å². The number of hydrogen-bond donors (Lipinski definition) is 0. The van der Waals surface area contributed by atoms with Crippen LogP contribution in [-0.2, 0) is 23.8 Å². The van der Waals surface area contributed by atoms with E-state index in [0.717, 1.165) is 6.42 Å². The fourth-order valence-electron chi connectivity index (χ4n) is 1.10. The summed E-state index contributed by atoms with van der Waals surface area (Å²) in [5.41, 5.74) is 1.22. The predicted molar refractivity (Wildman–Crippen MR) is 54.7 cm³/mol. The van der Waals surface area contributed by atoms with E-state index in [0.29, 0.717) is 0 Å². The summed E-state index contributed by atoms with van der Waals surface area (Å²) in [7, 11) is 0. The number of aromatic nitrogens is 1. The van der Waals surface area contributed by atoms with Crippen LogP contribution in [0.15, 0.2) is 24.4 Å². The summed E-state index contributed by atoms with van der Waals surface area (Å²) >= 11 is 0. The molecule has 0 spiro atoms. The molecule has 3 heteroatoms. The zero-order chi connectivity index (χ0) is 7.94. The van der Waals surface area contributed by atoms with E-state index in [-0.39, 0.29) is 29.8 Å². The number of rotatable bonds is 4. The summed E-state index contributed by atoms with van der Waals surface area (Å²) in [6, 6.07) is 6.10. The Morgan fingerprint density at radius 3 is 2.54 bits per heavy atom. The van der Waals surface area contributed by atoms with Crippen LogP contribution >= 0.6 is 12.4 Å². The van der Waals surface area contributed by atoms with E-state index in [1.807, 2.05) is 18.3 Å². The third-order valence-corrected chi connectivity index (χ3v) is 1.76. The predicted octanol–water partition coefficient (Wildman–Crippen LogP) is 3.23. The molecule has 0 aliphatic heterocycles. The van der Waals surface area contributed by atoms with Crippen molar-refractivity contribution in [2.75, 3.05) is 0 Å². The van der Waals surface area contributed by atoms with Crippen molar-refractivity contribution < 1.29 is 17.4 Å². The van der Waals surface area contributed by atoms with Crippen molar-refractivity contribution in [1.82, 2.24) is 4.98 Å². The van der Waals surface area contributed by atoms with E-state index in [9.17, 15) is 0 Å². The molecule has 1 aromatic heterocycles. The Bertz CT molecular complexity index is 191. The minimum atomic E-state index is 0. The molecule has 1 aromatic rings. The topological polar surface area (TPSA) is 12.9 Å². The molecule has 0 aliphatic rings. The van der Waals surface area contributed by atoms with Gasteiger partial charge >= 0.3 is 0 Å². The molecule has 0 saturated heterocycles. The van der Waals surface area contributed by atoms with Gasteiger partial charge in [0.25, 0.3) is 0 Å². The molecule has 0 bridgehead atoms. The quantitative estimate of drug-likeness (QED) is 0.733. The molecule has 1 nitrogen and oxygen atoms in total. The van der Waals surface area contributed by atoms with Crippen molar-refractivity contribution in [3.8, 4) is 0 Å². The van der Waals surface area contributed by atoms with E-state index in [1.165, 1.54) is 25.0 Å². The first kappa shape index (κ1) is 15.4. The fraction of sp³-hybridized carbons (Fsp3) is 0.500. The van der Waals surface area contributed by atoms with Gasteiger partial charge in [-0.15, -0.1) is 12.4 Å². The second kappa shape index (κ2) is 10.1. The first-order chi connectivity index (χ1) is 5.43. The summed E-state index contributed by atoms with van der Waals surface area (Å²) in [4.78, 5) is 4.25. The van der Waals surface area contributed by atoms with Crippen LogP contribution in [0.25, 0.3) is 0 Å². The molecule has 0 unspecified atom stereocenters. The Labute approximate surface area is 97.5 Å². The van der Waals surface area contributed by atoms with Gasteiger partial charge in [0.05, 0.1) is 0 Å². The molecule has 1 rings (SSSR count). The third kappa shape index (κ3) is 7.08. The number of halogens is 1. The minimum absolute atomic E-state index is 0. The van der Waals surface area contributed by atoms with Gasteiger partial charge < -0.3 is 0 Å². The maximum atomic E-state index is 4.25.